The number of nitrogens with two attached hydrogens (primary N) is 1. The number of carbonyl (C=O) groups is 3. The van der Waals surface area contributed by atoms with Crippen molar-refractivity contribution < 1.29 is 19.5 Å². The minimum Gasteiger partial charge on any atom is -0.481 e. The number of anilines is 1. The van der Waals surface area contributed by atoms with Gasteiger partial charge in [-0.15, -0.1) is 0 Å². The van der Waals surface area contributed by atoms with Gasteiger partial charge in [-0.3, -0.25) is 14.4 Å². The number of aliphatic carboxylic acids is 1. The summed E-state index contributed by atoms with van der Waals surface area (Å²) in [4.78, 5) is 34.6. The zero-order valence-electron chi connectivity index (χ0n) is 14.2. The van der Waals surface area contributed by atoms with Gasteiger partial charge in [-0.05, 0) is 29.3 Å². The molecular weight excluding hydrogens is 334 g/mol. The molecule has 0 aliphatic heterocycles. The Morgan fingerprint density at radius 2 is 1.69 bits per heavy atom. The second-order valence-electron chi connectivity index (χ2n) is 5.73. The first-order valence-electron chi connectivity index (χ1n) is 8.15. The fraction of sp³-hybridized carbons (Fsp3) is 0.211. The second-order valence-corrected chi connectivity index (χ2v) is 5.73. The van der Waals surface area contributed by atoms with Gasteiger partial charge in [0, 0.05) is 24.3 Å². The Balaban J connectivity index is 1.93. The number of rotatable bonds is 8. The van der Waals surface area contributed by atoms with Gasteiger partial charge < -0.3 is 21.5 Å². The summed E-state index contributed by atoms with van der Waals surface area (Å²) < 4.78 is 0. The van der Waals surface area contributed by atoms with Crippen molar-refractivity contribution in [2.75, 3.05) is 11.9 Å². The quantitative estimate of drug-likeness (QED) is 0.572. The van der Waals surface area contributed by atoms with E-state index in [1.54, 1.807) is 24.3 Å². The van der Waals surface area contributed by atoms with Gasteiger partial charge in [-0.25, -0.2) is 0 Å². The molecule has 7 nitrogen and oxygen atoms in total. The van der Waals surface area contributed by atoms with Crippen LogP contribution in [0.1, 0.15) is 27.9 Å². The van der Waals surface area contributed by atoms with Gasteiger partial charge in [-0.2, -0.15) is 0 Å². The van der Waals surface area contributed by atoms with Crippen LogP contribution in [0.2, 0.25) is 0 Å². The Morgan fingerprint density at radius 3 is 2.35 bits per heavy atom. The predicted molar refractivity (Wildman–Crippen MR) is 97.7 cm³/mol. The maximum atomic E-state index is 12.2. The number of carbonyl (C=O) groups excluding carboxylic acids is 2. The molecule has 0 saturated heterocycles. The first kappa shape index (κ1) is 19.1. The number of amides is 2. The standard InChI is InChI=1S/C19H21N3O4/c20-12-14-6-4-13(5-7-14)10-17(23)22-16-3-1-2-15(11-16)19(26)21-9-8-18(24)25/h1-7,11H,8-10,12,20H2,(H,21,26)(H,22,23)(H,24,25). The van der Waals surface area contributed by atoms with Crippen molar-refractivity contribution >= 4 is 23.5 Å². The molecule has 0 aromatic heterocycles. The molecule has 0 atom stereocenters. The molecule has 0 radical (unpaired) electrons. The van der Waals surface area contributed by atoms with Crippen LogP contribution in [0, 0.1) is 0 Å². The number of hydrogen-bond acceptors (Lipinski definition) is 4. The molecule has 26 heavy (non-hydrogen) atoms. The van der Waals surface area contributed by atoms with Gasteiger partial charge in [0.1, 0.15) is 0 Å². The van der Waals surface area contributed by atoms with Crippen molar-refractivity contribution in [1.29, 1.82) is 0 Å². The van der Waals surface area contributed by atoms with E-state index in [4.69, 9.17) is 10.8 Å². The van der Waals surface area contributed by atoms with E-state index in [2.05, 4.69) is 10.6 Å². The lowest BCUT2D eigenvalue weighted by atomic mass is 10.1. The highest BCUT2D eigenvalue weighted by molar-refractivity contribution is 5.97. The highest BCUT2D eigenvalue weighted by Gasteiger charge is 2.09. The number of carboxylic acid groups (broad SMARTS) is 1. The third kappa shape index (κ3) is 6.03. The molecule has 7 heteroatoms. The van der Waals surface area contributed by atoms with Gasteiger partial charge >= 0.3 is 5.97 Å². The Bertz CT molecular complexity index is 788. The lowest BCUT2D eigenvalue weighted by molar-refractivity contribution is -0.136. The van der Waals surface area contributed by atoms with E-state index in [1.165, 1.54) is 0 Å². The van der Waals surface area contributed by atoms with Crippen molar-refractivity contribution in [3.63, 3.8) is 0 Å². The molecule has 0 aliphatic rings. The molecule has 2 rings (SSSR count). The van der Waals surface area contributed by atoms with Crippen LogP contribution in [-0.2, 0) is 22.6 Å². The zero-order valence-corrected chi connectivity index (χ0v) is 14.2. The summed E-state index contributed by atoms with van der Waals surface area (Å²) in [5.74, 6) is -1.57. The predicted octanol–water partition coefficient (Wildman–Crippen LogP) is 1.53. The molecule has 2 aromatic rings. The van der Waals surface area contributed by atoms with Crippen LogP contribution in [0.15, 0.2) is 48.5 Å². The SMILES string of the molecule is NCc1ccc(CC(=O)Nc2cccc(C(=O)NCCC(=O)O)c2)cc1. The number of nitrogens with one attached hydrogen (secondary N) is 2. The van der Waals surface area contributed by atoms with Crippen LogP contribution in [0.3, 0.4) is 0 Å². The average molecular weight is 355 g/mol. The smallest absolute Gasteiger partial charge is 0.305 e. The van der Waals surface area contributed by atoms with Gasteiger partial charge in [0.25, 0.3) is 5.91 Å². The maximum Gasteiger partial charge on any atom is 0.305 e. The summed E-state index contributed by atoms with van der Waals surface area (Å²) in [5, 5.41) is 13.9. The molecule has 0 fully saturated rings. The first-order chi connectivity index (χ1) is 12.5. The first-order valence-corrected chi connectivity index (χ1v) is 8.15. The number of hydrogen-bond donors (Lipinski definition) is 4. The van der Waals surface area contributed by atoms with Crippen LogP contribution in [0.25, 0.3) is 0 Å². The van der Waals surface area contributed by atoms with E-state index < -0.39 is 5.97 Å². The fourth-order valence-corrected chi connectivity index (χ4v) is 2.31. The summed E-state index contributed by atoms with van der Waals surface area (Å²) >= 11 is 0. The van der Waals surface area contributed by atoms with Crippen LogP contribution in [0.5, 0.6) is 0 Å². The van der Waals surface area contributed by atoms with Gasteiger partial charge in [-0.1, -0.05) is 30.3 Å². The molecule has 0 aliphatic carbocycles. The summed E-state index contributed by atoms with van der Waals surface area (Å²) in [5.41, 5.74) is 8.25. The van der Waals surface area contributed by atoms with E-state index in [-0.39, 0.29) is 31.2 Å². The molecule has 0 bridgehead atoms. The lowest BCUT2D eigenvalue weighted by Crippen LogP contribution is -2.26. The van der Waals surface area contributed by atoms with E-state index in [0.29, 0.717) is 17.8 Å². The summed E-state index contributed by atoms with van der Waals surface area (Å²) in [6.45, 7) is 0.497. The molecule has 2 amide bonds. The van der Waals surface area contributed by atoms with Gasteiger partial charge in [0.15, 0.2) is 0 Å². The third-order valence-corrected chi connectivity index (χ3v) is 3.66. The van der Waals surface area contributed by atoms with Crippen molar-refractivity contribution in [3.8, 4) is 0 Å². The summed E-state index contributed by atoms with van der Waals surface area (Å²) in [6, 6.07) is 13.9. The largest absolute Gasteiger partial charge is 0.481 e. The average Bonchev–Trinajstić information content (AvgIpc) is 2.62. The number of carboxylic acids is 1. The van der Waals surface area contributed by atoms with Crippen LogP contribution in [-0.4, -0.2) is 29.4 Å². The van der Waals surface area contributed by atoms with Gasteiger partial charge in [0.2, 0.25) is 5.91 Å². The third-order valence-electron chi connectivity index (χ3n) is 3.66. The highest BCUT2D eigenvalue weighted by Crippen LogP contribution is 2.12. The van der Waals surface area contributed by atoms with Crippen molar-refractivity contribution in [2.24, 2.45) is 5.73 Å². The Labute approximate surface area is 151 Å². The van der Waals surface area contributed by atoms with E-state index >= 15 is 0 Å². The highest BCUT2D eigenvalue weighted by atomic mass is 16.4. The maximum absolute atomic E-state index is 12.2. The van der Waals surface area contributed by atoms with Crippen LogP contribution < -0.4 is 16.4 Å². The second kappa shape index (κ2) is 9.33. The molecule has 0 saturated carbocycles. The Kier molecular flexibility index (Phi) is 6.87. The zero-order chi connectivity index (χ0) is 18.9. The van der Waals surface area contributed by atoms with Crippen LogP contribution in [0.4, 0.5) is 5.69 Å². The minimum absolute atomic E-state index is 0.0452. The Hall–Kier alpha value is -3.19. The number of benzene rings is 2. The normalized spacial score (nSPS) is 10.2. The van der Waals surface area contributed by atoms with Crippen LogP contribution >= 0.6 is 0 Å². The van der Waals surface area contributed by atoms with Crippen molar-refractivity contribution in [3.05, 3.63) is 65.2 Å². The van der Waals surface area contributed by atoms with E-state index in [0.717, 1.165) is 11.1 Å². The summed E-state index contributed by atoms with van der Waals surface area (Å²) in [7, 11) is 0. The molecule has 2 aromatic carbocycles. The fourth-order valence-electron chi connectivity index (χ4n) is 2.31. The molecular formula is C19H21N3O4. The van der Waals surface area contributed by atoms with E-state index in [1.807, 2.05) is 24.3 Å². The van der Waals surface area contributed by atoms with E-state index in [9.17, 15) is 14.4 Å². The molecule has 5 N–H and O–H groups in total. The molecule has 136 valence electrons. The topological polar surface area (TPSA) is 122 Å². The lowest BCUT2D eigenvalue weighted by Gasteiger charge is -2.08. The molecule has 0 spiro atoms. The molecule has 0 unspecified atom stereocenters. The van der Waals surface area contributed by atoms with Crippen molar-refractivity contribution in [1.82, 2.24) is 5.32 Å². The summed E-state index contributed by atoms with van der Waals surface area (Å²) in [6.07, 6.45) is 0.0605. The minimum atomic E-state index is -0.981. The van der Waals surface area contributed by atoms with Gasteiger partial charge in [0.05, 0.1) is 12.8 Å². The van der Waals surface area contributed by atoms with Crippen molar-refractivity contribution in [2.45, 2.75) is 19.4 Å². The monoisotopic (exact) mass is 355 g/mol. The Morgan fingerprint density at radius 1 is 1.00 bits per heavy atom. The molecule has 0 heterocycles.